The molecule has 3 heteroatoms. The van der Waals surface area contributed by atoms with Crippen molar-refractivity contribution in [2.45, 2.75) is 33.1 Å². The van der Waals surface area contributed by atoms with Crippen LogP contribution in [0.25, 0.3) is 0 Å². The van der Waals surface area contributed by atoms with Crippen molar-refractivity contribution in [2.75, 3.05) is 20.1 Å². The molecule has 1 atom stereocenters. The summed E-state index contributed by atoms with van der Waals surface area (Å²) in [5, 5.41) is 0. The maximum Gasteiger partial charge on any atom is 0.225 e. The highest BCUT2D eigenvalue weighted by Crippen LogP contribution is 2.08. The first-order valence-electron chi connectivity index (χ1n) is 5.08. The third-order valence-corrected chi connectivity index (χ3v) is 2.22. The minimum Gasteiger partial charge on any atom is -0.345 e. The zero-order valence-corrected chi connectivity index (χ0v) is 9.05. The van der Waals surface area contributed by atoms with Gasteiger partial charge in [-0.25, -0.2) is 0 Å². The van der Waals surface area contributed by atoms with Gasteiger partial charge in [0.2, 0.25) is 5.91 Å². The quantitative estimate of drug-likeness (QED) is 0.678. The summed E-state index contributed by atoms with van der Waals surface area (Å²) in [5.41, 5.74) is 5.37. The van der Waals surface area contributed by atoms with Crippen molar-refractivity contribution < 1.29 is 4.79 Å². The fourth-order valence-corrected chi connectivity index (χ4v) is 1.37. The van der Waals surface area contributed by atoms with E-state index in [-0.39, 0.29) is 11.8 Å². The lowest BCUT2D eigenvalue weighted by molar-refractivity contribution is -0.133. The van der Waals surface area contributed by atoms with Gasteiger partial charge in [-0.3, -0.25) is 4.79 Å². The zero-order valence-electron chi connectivity index (χ0n) is 9.05. The van der Waals surface area contributed by atoms with Crippen LogP contribution in [-0.4, -0.2) is 30.9 Å². The molecule has 0 bridgehead atoms. The molecule has 78 valence electrons. The van der Waals surface area contributed by atoms with E-state index in [0.717, 1.165) is 25.8 Å². The van der Waals surface area contributed by atoms with Crippen LogP contribution in [0.3, 0.4) is 0 Å². The number of carbonyl (C=O) groups is 1. The molecule has 3 nitrogen and oxygen atoms in total. The summed E-state index contributed by atoms with van der Waals surface area (Å²) in [4.78, 5) is 13.4. The molecule has 0 saturated heterocycles. The van der Waals surface area contributed by atoms with Crippen LogP contribution in [0, 0.1) is 5.92 Å². The number of hydrogen-bond donors (Lipinski definition) is 1. The summed E-state index contributed by atoms with van der Waals surface area (Å²) >= 11 is 0. The molecule has 1 amide bonds. The van der Waals surface area contributed by atoms with Gasteiger partial charge >= 0.3 is 0 Å². The highest BCUT2D eigenvalue weighted by molar-refractivity contribution is 5.78. The van der Waals surface area contributed by atoms with Gasteiger partial charge in [-0.15, -0.1) is 0 Å². The predicted molar refractivity (Wildman–Crippen MR) is 55.4 cm³/mol. The van der Waals surface area contributed by atoms with Gasteiger partial charge in [-0.2, -0.15) is 0 Å². The molecule has 0 fully saturated rings. The molecule has 0 aromatic carbocycles. The molecule has 0 aromatic rings. The highest BCUT2D eigenvalue weighted by atomic mass is 16.2. The van der Waals surface area contributed by atoms with Crippen molar-refractivity contribution in [1.82, 2.24) is 4.90 Å². The van der Waals surface area contributed by atoms with Gasteiger partial charge in [0.25, 0.3) is 0 Å². The van der Waals surface area contributed by atoms with Crippen molar-refractivity contribution in [2.24, 2.45) is 11.7 Å². The molecule has 0 spiro atoms. The third kappa shape index (κ3) is 4.88. The lowest BCUT2D eigenvalue weighted by atomic mass is 10.1. The second kappa shape index (κ2) is 6.89. The van der Waals surface area contributed by atoms with Crippen LogP contribution in [0.2, 0.25) is 0 Å². The molecule has 1 unspecified atom stereocenters. The molecular formula is C10H22N2O. The minimum atomic E-state index is 0.160. The molecule has 13 heavy (non-hydrogen) atoms. The van der Waals surface area contributed by atoms with E-state index in [4.69, 9.17) is 5.73 Å². The first-order valence-corrected chi connectivity index (χ1v) is 5.08. The number of nitrogens with two attached hydrogens (primary N) is 1. The molecule has 0 rings (SSSR count). The van der Waals surface area contributed by atoms with Crippen molar-refractivity contribution in [3.8, 4) is 0 Å². The lowest BCUT2D eigenvalue weighted by Gasteiger charge is -2.20. The van der Waals surface area contributed by atoms with Gasteiger partial charge in [-0.05, 0) is 19.4 Å². The number of nitrogens with zero attached hydrogens (tertiary/aromatic N) is 1. The Balaban J connectivity index is 3.79. The second-order valence-corrected chi connectivity index (χ2v) is 3.59. The second-order valence-electron chi connectivity index (χ2n) is 3.59. The molecule has 0 aliphatic rings. The van der Waals surface area contributed by atoms with E-state index in [0.29, 0.717) is 6.54 Å². The Hall–Kier alpha value is -0.570. The molecule has 0 aliphatic carbocycles. The van der Waals surface area contributed by atoms with Crippen molar-refractivity contribution in [3.63, 3.8) is 0 Å². The number of carbonyl (C=O) groups excluding carboxylic acids is 1. The molecule has 0 aromatic heterocycles. The van der Waals surface area contributed by atoms with Gasteiger partial charge in [0.1, 0.15) is 0 Å². The topological polar surface area (TPSA) is 46.3 Å². The standard InChI is InChI=1S/C10H22N2O/c1-4-6-9(2)10(13)12(3)8-5-7-11/h9H,4-8,11H2,1-3H3. The van der Waals surface area contributed by atoms with E-state index in [1.54, 1.807) is 4.90 Å². The Morgan fingerprint density at radius 1 is 1.54 bits per heavy atom. The molecular weight excluding hydrogens is 164 g/mol. The van der Waals surface area contributed by atoms with E-state index in [2.05, 4.69) is 6.92 Å². The maximum atomic E-state index is 11.6. The average Bonchev–Trinajstić information content (AvgIpc) is 2.13. The predicted octanol–water partition coefficient (Wildman–Crippen LogP) is 1.23. The van der Waals surface area contributed by atoms with E-state index in [1.807, 2.05) is 14.0 Å². The van der Waals surface area contributed by atoms with Gasteiger partial charge in [0.05, 0.1) is 0 Å². The fraction of sp³-hybridized carbons (Fsp3) is 0.900. The average molecular weight is 186 g/mol. The van der Waals surface area contributed by atoms with Crippen LogP contribution in [-0.2, 0) is 4.79 Å². The lowest BCUT2D eigenvalue weighted by Crippen LogP contribution is -2.33. The molecule has 0 aliphatic heterocycles. The van der Waals surface area contributed by atoms with Gasteiger partial charge in [0.15, 0.2) is 0 Å². The van der Waals surface area contributed by atoms with Crippen LogP contribution < -0.4 is 5.73 Å². The Kier molecular flexibility index (Phi) is 6.59. The summed E-state index contributed by atoms with van der Waals surface area (Å²) in [6.07, 6.45) is 2.94. The highest BCUT2D eigenvalue weighted by Gasteiger charge is 2.15. The normalized spacial score (nSPS) is 12.6. The van der Waals surface area contributed by atoms with E-state index < -0.39 is 0 Å². The molecule has 2 N–H and O–H groups in total. The SMILES string of the molecule is CCCC(C)C(=O)N(C)CCCN. The largest absolute Gasteiger partial charge is 0.345 e. The maximum absolute atomic E-state index is 11.6. The molecule has 0 radical (unpaired) electrons. The zero-order chi connectivity index (χ0) is 10.3. The van der Waals surface area contributed by atoms with E-state index in [9.17, 15) is 4.79 Å². The Labute approximate surface area is 81.3 Å². The number of rotatable bonds is 6. The summed E-state index contributed by atoms with van der Waals surface area (Å²) in [5.74, 6) is 0.406. The first-order chi connectivity index (χ1) is 6.13. The number of amides is 1. The van der Waals surface area contributed by atoms with Crippen molar-refractivity contribution in [3.05, 3.63) is 0 Å². The summed E-state index contributed by atoms with van der Waals surface area (Å²) in [6.45, 7) is 5.53. The number of hydrogen-bond acceptors (Lipinski definition) is 2. The van der Waals surface area contributed by atoms with E-state index >= 15 is 0 Å². The van der Waals surface area contributed by atoms with E-state index in [1.165, 1.54) is 0 Å². The summed E-state index contributed by atoms with van der Waals surface area (Å²) < 4.78 is 0. The summed E-state index contributed by atoms with van der Waals surface area (Å²) in [6, 6.07) is 0. The van der Waals surface area contributed by atoms with Crippen LogP contribution in [0.5, 0.6) is 0 Å². The van der Waals surface area contributed by atoms with Crippen molar-refractivity contribution in [1.29, 1.82) is 0 Å². The van der Waals surface area contributed by atoms with Crippen LogP contribution >= 0.6 is 0 Å². The minimum absolute atomic E-state index is 0.160. The molecule has 0 heterocycles. The Morgan fingerprint density at radius 3 is 2.62 bits per heavy atom. The monoisotopic (exact) mass is 186 g/mol. The van der Waals surface area contributed by atoms with Crippen molar-refractivity contribution >= 4 is 5.91 Å². The molecule has 0 saturated carbocycles. The third-order valence-electron chi connectivity index (χ3n) is 2.22. The van der Waals surface area contributed by atoms with Crippen LogP contribution in [0.1, 0.15) is 33.1 Å². The first kappa shape index (κ1) is 12.4. The Bertz CT molecular complexity index is 148. The smallest absolute Gasteiger partial charge is 0.225 e. The van der Waals surface area contributed by atoms with Gasteiger partial charge in [-0.1, -0.05) is 20.3 Å². The van der Waals surface area contributed by atoms with Gasteiger partial charge in [0, 0.05) is 19.5 Å². The fourth-order valence-electron chi connectivity index (χ4n) is 1.37. The van der Waals surface area contributed by atoms with Crippen LogP contribution in [0.15, 0.2) is 0 Å². The Morgan fingerprint density at radius 2 is 2.15 bits per heavy atom. The van der Waals surface area contributed by atoms with Crippen LogP contribution in [0.4, 0.5) is 0 Å². The summed E-state index contributed by atoms with van der Waals surface area (Å²) in [7, 11) is 1.85. The van der Waals surface area contributed by atoms with Gasteiger partial charge < -0.3 is 10.6 Å².